The van der Waals surface area contributed by atoms with Gasteiger partial charge in [0.1, 0.15) is 11.6 Å². The van der Waals surface area contributed by atoms with Gasteiger partial charge in [-0.1, -0.05) is 13.8 Å². The Morgan fingerprint density at radius 2 is 1.95 bits per heavy atom. The molecule has 2 aliphatic heterocycles. The zero-order valence-corrected chi connectivity index (χ0v) is 25.8. The molecule has 42 heavy (non-hydrogen) atoms. The standard InChI is InChI=1S/C28H41ClFN7O2.CH2O2/c1-6-37(19(4)5)26(38)21-14-20(30)9-10-23(21)39-25-24(32-27(29)34-33-25)35-13-11-28(15-35)16-36(17-28)22(18(2)3)8-7-12-31;2-1-3/h9-10,14,18-19,22H,6-8,11-13,15-17,31H2,1-5H3;1H,(H,2,3). The molecule has 4 rings (SSSR count). The van der Waals surface area contributed by atoms with Crippen LogP contribution in [-0.2, 0) is 4.79 Å². The molecule has 3 heterocycles. The Bertz CT molecular complexity index is 1210. The number of carbonyl (C=O) groups excluding carboxylic acids is 1. The Morgan fingerprint density at radius 1 is 1.26 bits per heavy atom. The van der Waals surface area contributed by atoms with E-state index in [0.29, 0.717) is 24.3 Å². The van der Waals surface area contributed by atoms with Gasteiger partial charge in [0.25, 0.3) is 18.3 Å². The first-order valence-corrected chi connectivity index (χ1v) is 14.8. The van der Waals surface area contributed by atoms with Crippen molar-refractivity contribution in [2.75, 3.05) is 44.2 Å². The number of nitrogens with two attached hydrogens (primary N) is 1. The number of carbonyl (C=O) groups is 2. The van der Waals surface area contributed by atoms with E-state index < -0.39 is 5.82 Å². The van der Waals surface area contributed by atoms with Gasteiger partial charge in [-0.3, -0.25) is 14.5 Å². The summed E-state index contributed by atoms with van der Waals surface area (Å²) in [6.07, 6.45) is 3.17. The van der Waals surface area contributed by atoms with Crippen molar-refractivity contribution in [3.05, 3.63) is 34.9 Å². The zero-order chi connectivity index (χ0) is 31.0. The van der Waals surface area contributed by atoms with Gasteiger partial charge in [-0.2, -0.15) is 4.98 Å². The molecule has 11 nitrogen and oxygen atoms in total. The Morgan fingerprint density at radius 3 is 2.55 bits per heavy atom. The first-order valence-electron chi connectivity index (χ1n) is 14.4. The van der Waals surface area contributed by atoms with Gasteiger partial charge in [0.05, 0.1) is 5.56 Å². The second-order valence-corrected chi connectivity index (χ2v) is 11.9. The van der Waals surface area contributed by atoms with Crippen LogP contribution in [0.15, 0.2) is 18.2 Å². The molecular weight excluding hydrogens is 565 g/mol. The van der Waals surface area contributed by atoms with Crippen LogP contribution in [0.4, 0.5) is 10.2 Å². The number of carboxylic acid groups (broad SMARTS) is 1. The molecule has 2 fully saturated rings. The summed E-state index contributed by atoms with van der Waals surface area (Å²) in [6.45, 7) is 14.9. The molecule has 232 valence electrons. The number of nitrogens with zero attached hydrogens (tertiary/aromatic N) is 6. The summed E-state index contributed by atoms with van der Waals surface area (Å²) in [6, 6.07) is 4.38. The van der Waals surface area contributed by atoms with Crippen molar-refractivity contribution in [2.24, 2.45) is 17.1 Å². The Hall–Kier alpha value is -3.09. The van der Waals surface area contributed by atoms with Gasteiger partial charge >= 0.3 is 0 Å². The largest absolute Gasteiger partial charge is 0.483 e. The molecule has 1 aromatic carbocycles. The normalized spacial score (nSPS) is 16.7. The summed E-state index contributed by atoms with van der Waals surface area (Å²) in [5.74, 6) is 0.555. The highest BCUT2D eigenvalue weighted by Gasteiger charge is 2.50. The highest BCUT2D eigenvalue weighted by molar-refractivity contribution is 6.28. The molecule has 3 N–H and O–H groups in total. The number of halogens is 2. The molecule has 1 unspecified atom stereocenters. The van der Waals surface area contributed by atoms with E-state index in [1.807, 2.05) is 20.8 Å². The third-order valence-electron chi connectivity index (χ3n) is 7.97. The summed E-state index contributed by atoms with van der Waals surface area (Å²) < 4.78 is 20.4. The maximum atomic E-state index is 14.2. The number of benzene rings is 1. The molecule has 0 radical (unpaired) electrons. The minimum atomic E-state index is -0.520. The van der Waals surface area contributed by atoms with E-state index in [0.717, 1.165) is 52.0 Å². The second kappa shape index (κ2) is 14.9. The van der Waals surface area contributed by atoms with E-state index in [-0.39, 0.29) is 46.3 Å². The van der Waals surface area contributed by atoms with E-state index in [1.54, 1.807) is 4.90 Å². The van der Waals surface area contributed by atoms with Crippen LogP contribution >= 0.6 is 11.6 Å². The number of hydrogen-bond donors (Lipinski definition) is 2. The molecule has 1 atom stereocenters. The van der Waals surface area contributed by atoms with E-state index >= 15 is 0 Å². The third-order valence-corrected chi connectivity index (χ3v) is 8.13. The summed E-state index contributed by atoms with van der Waals surface area (Å²) >= 11 is 6.17. The summed E-state index contributed by atoms with van der Waals surface area (Å²) in [4.78, 5) is 32.5. The highest BCUT2D eigenvalue weighted by Crippen LogP contribution is 2.45. The molecule has 1 aromatic heterocycles. The van der Waals surface area contributed by atoms with Gasteiger partial charge in [-0.15, -0.1) is 10.2 Å². The minimum Gasteiger partial charge on any atom is -0.483 e. The van der Waals surface area contributed by atoms with Gasteiger partial charge < -0.3 is 25.4 Å². The number of likely N-dealkylation sites (tertiary alicyclic amines) is 1. The lowest BCUT2D eigenvalue weighted by atomic mass is 9.76. The fraction of sp³-hybridized carbons (Fsp3) is 0.621. The average molecular weight is 608 g/mol. The number of amides is 1. The van der Waals surface area contributed by atoms with E-state index in [2.05, 4.69) is 38.8 Å². The number of hydrogen-bond acceptors (Lipinski definition) is 9. The predicted octanol–water partition coefficient (Wildman–Crippen LogP) is 4.30. The Balaban J connectivity index is 0.00000155. The van der Waals surface area contributed by atoms with Crippen LogP contribution in [0.5, 0.6) is 11.6 Å². The molecule has 0 saturated carbocycles. The average Bonchev–Trinajstić information content (AvgIpc) is 3.36. The fourth-order valence-corrected chi connectivity index (χ4v) is 6.13. The van der Waals surface area contributed by atoms with Crippen LogP contribution < -0.4 is 15.4 Å². The van der Waals surface area contributed by atoms with Crippen molar-refractivity contribution in [1.82, 2.24) is 25.0 Å². The van der Waals surface area contributed by atoms with E-state index in [1.165, 1.54) is 18.2 Å². The van der Waals surface area contributed by atoms with Gasteiger partial charge in [-0.05, 0) is 82.3 Å². The molecule has 0 aliphatic carbocycles. The molecule has 2 saturated heterocycles. The Kier molecular flexibility index (Phi) is 11.8. The molecule has 1 amide bonds. The minimum absolute atomic E-state index is 0.0163. The van der Waals surface area contributed by atoms with Gasteiger partial charge in [0, 0.05) is 50.2 Å². The molecule has 1 spiro atoms. The lowest BCUT2D eigenvalue weighted by Gasteiger charge is -2.53. The number of rotatable bonds is 11. The number of anilines is 1. The molecule has 2 aliphatic rings. The second-order valence-electron chi connectivity index (χ2n) is 11.6. The smallest absolute Gasteiger partial charge is 0.290 e. The SMILES string of the molecule is CCN(C(=O)c1cc(F)ccc1Oc1nnc(Cl)nc1N1CCC2(C1)CN(C(CCCN)C(C)C)C2)C(C)C.O=CO. The zero-order valence-electron chi connectivity index (χ0n) is 25.1. The number of aromatic nitrogens is 3. The van der Waals surface area contributed by atoms with Crippen LogP contribution in [0.3, 0.4) is 0 Å². The Labute approximate surface area is 252 Å². The molecule has 2 aromatic rings. The maximum Gasteiger partial charge on any atom is 0.290 e. The van der Waals surface area contributed by atoms with Crippen LogP contribution in [0.2, 0.25) is 5.28 Å². The maximum absolute atomic E-state index is 14.2. The van der Waals surface area contributed by atoms with Crippen molar-refractivity contribution in [2.45, 2.75) is 66.0 Å². The first kappa shape index (κ1) is 33.4. The van der Waals surface area contributed by atoms with E-state index in [4.69, 9.17) is 32.0 Å². The predicted molar refractivity (Wildman–Crippen MR) is 160 cm³/mol. The topological polar surface area (TPSA) is 138 Å². The van der Waals surface area contributed by atoms with Crippen LogP contribution in [0, 0.1) is 17.2 Å². The fourth-order valence-electron chi connectivity index (χ4n) is 6.01. The van der Waals surface area contributed by atoms with Crippen molar-refractivity contribution >= 4 is 29.8 Å². The summed E-state index contributed by atoms with van der Waals surface area (Å²) in [7, 11) is 0. The van der Waals surface area contributed by atoms with Crippen molar-refractivity contribution in [1.29, 1.82) is 0 Å². The molecule has 0 bridgehead atoms. The van der Waals surface area contributed by atoms with E-state index in [9.17, 15) is 9.18 Å². The van der Waals surface area contributed by atoms with Crippen molar-refractivity contribution < 1.29 is 23.8 Å². The van der Waals surface area contributed by atoms with Gasteiger partial charge in [-0.25, -0.2) is 4.39 Å². The van der Waals surface area contributed by atoms with Gasteiger partial charge in [0.2, 0.25) is 5.28 Å². The van der Waals surface area contributed by atoms with Crippen LogP contribution in [0.25, 0.3) is 0 Å². The third kappa shape index (κ3) is 7.84. The van der Waals surface area contributed by atoms with Crippen LogP contribution in [-0.4, -0.2) is 93.8 Å². The van der Waals surface area contributed by atoms with Gasteiger partial charge in [0.15, 0.2) is 5.82 Å². The molecule has 13 heteroatoms. The highest BCUT2D eigenvalue weighted by atomic mass is 35.5. The summed E-state index contributed by atoms with van der Waals surface area (Å²) in [5.41, 5.74) is 6.07. The quantitative estimate of drug-likeness (QED) is 0.355. The van der Waals surface area contributed by atoms with Crippen LogP contribution in [0.1, 0.15) is 64.2 Å². The van der Waals surface area contributed by atoms with Crippen molar-refractivity contribution in [3.63, 3.8) is 0 Å². The van der Waals surface area contributed by atoms with Crippen molar-refractivity contribution in [3.8, 4) is 11.6 Å². The lowest BCUT2D eigenvalue weighted by Crippen LogP contribution is -2.62. The lowest BCUT2D eigenvalue weighted by molar-refractivity contribution is -0.122. The first-order chi connectivity index (χ1) is 20.0. The number of ether oxygens (including phenoxy) is 1. The monoisotopic (exact) mass is 607 g/mol. The molecular formula is C29H43ClFN7O4. The summed E-state index contributed by atoms with van der Waals surface area (Å²) in [5, 5.41) is 15.0.